The first kappa shape index (κ1) is 9.31. The van der Waals surface area contributed by atoms with Crippen molar-refractivity contribution in [1.29, 1.82) is 0 Å². The third-order valence-electron chi connectivity index (χ3n) is 0.770. The molecule has 0 unspecified atom stereocenters. The first-order chi connectivity index (χ1) is 3.92. The minimum atomic E-state index is 0.00424. The smallest absolute Gasteiger partial charge is 0.0608 e. The van der Waals surface area contributed by atoms with Crippen LogP contribution in [0, 0.1) is 0 Å². The van der Waals surface area contributed by atoms with Crippen molar-refractivity contribution in [2.45, 2.75) is 38.5 Å². The maximum absolute atomic E-state index is 5.33. The van der Waals surface area contributed by atoms with E-state index in [1.807, 2.05) is 27.7 Å². The third-order valence-corrected chi connectivity index (χ3v) is 0.899. The molecule has 0 spiro atoms. The molecule has 56 valence electrons. The quantitative estimate of drug-likeness (QED) is 0.603. The summed E-state index contributed by atoms with van der Waals surface area (Å²) < 4.78 is 5.33. The number of ether oxygens (including phenoxy) is 1. The topological polar surface area (TPSA) is 9.23 Å². The monoisotopic (exact) mass is 148 g/mol. The van der Waals surface area contributed by atoms with Crippen LogP contribution in [0.5, 0.6) is 0 Å². The van der Waals surface area contributed by atoms with Crippen molar-refractivity contribution in [3.05, 3.63) is 0 Å². The van der Waals surface area contributed by atoms with Gasteiger partial charge in [0.15, 0.2) is 0 Å². The summed E-state index contributed by atoms with van der Waals surface area (Å²) in [4.78, 5) is 0. The molecular formula is C7H16OS. The predicted molar refractivity (Wildman–Crippen MR) is 44.2 cm³/mol. The van der Waals surface area contributed by atoms with Gasteiger partial charge in [-0.2, -0.15) is 12.6 Å². The molecule has 0 aromatic rings. The molecule has 0 aromatic heterocycles. The molecule has 0 heterocycles. The second-order valence-corrected chi connectivity index (χ2v) is 4.38. The van der Waals surface area contributed by atoms with Gasteiger partial charge in [0.25, 0.3) is 0 Å². The van der Waals surface area contributed by atoms with Crippen molar-refractivity contribution < 1.29 is 4.74 Å². The molecule has 0 fully saturated rings. The van der Waals surface area contributed by atoms with Crippen LogP contribution in [0.15, 0.2) is 0 Å². The zero-order valence-corrected chi connectivity index (χ0v) is 7.53. The minimum absolute atomic E-state index is 0.00424. The van der Waals surface area contributed by atoms with E-state index in [1.54, 1.807) is 0 Å². The zero-order valence-electron chi connectivity index (χ0n) is 6.64. The summed E-state index contributed by atoms with van der Waals surface area (Å²) in [6.45, 7) is 8.85. The van der Waals surface area contributed by atoms with E-state index in [1.165, 1.54) is 0 Å². The fraction of sp³-hybridized carbons (Fsp3) is 1.00. The third kappa shape index (κ3) is 8.31. The first-order valence-electron chi connectivity index (χ1n) is 3.26. The highest BCUT2D eigenvalue weighted by Crippen LogP contribution is 2.12. The van der Waals surface area contributed by atoms with E-state index in [9.17, 15) is 0 Å². The highest BCUT2D eigenvalue weighted by Gasteiger charge is 2.11. The lowest BCUT2D eigenvalue weighted by atomic mass is 10.2. The van der Waals surface area contributed by atoms with E-state index in [0.29, 0.717) is 12.7 Å². The molecule has 0 aliphatic carbocycles. The van der Waals surface area contributed by atoms with Gasteiger partial charge in [-0.3, -0.25) is 0 Å². The molecule has 9 heavy (non-hydrogen) atoms. The van der Waals surface area contributed by atoms with E-state index < -0.39 is 0 Å². The average molecular weight is 148 g/mol. The molecule has 0 radical (unpaired) electrons. The molecule has 0 N–H and O–H groups in total. The van der Waals surface area contributed by atoms with Crippen LogP contribution in [-0.4, -0.2) is 17.5 Å². The lowest BCUT2D eigenvalue weighted by Gasteiger charge is -2.18. The fourth-order valence-corrected chi connectivity index (χ4v) is 0.445. The minimum Gasteiger partial charge on any atom is -0.377 e. The summed E-state index contributed by atoms with van der Waals surface area (Å²) in [6.07, 6.45) is 0.316. The molecule has 0 saturated heterocycles. The molecule has 0 aromatic carbocycles. The van der Waals surface area contributed by atoms with Crippen molar-refractivity contribution in [2.24, 2.45) is 0 Å². The van der Waals surface area contributed by atoms with Crippen LogP contribution < -0.4 is 0 Å². The molecule has 0 bridgehead atoms. The van der Waals surface area contributed by atoms with Crippen molar-refractivity contribution in [1.82, 2.24) is 0 Å². The van der Waals surface area contributed by atoms with Crippen LogP contribution in [0.25, 0.3) is 0 Å². The largest absolute Gasteiger partial charge is 0.377 e. The highest BCUT2D eigenvalue weighted by molar-refractivity contribution is 7.81. The van der Waals surface area contributed by atoms with Gasteiger partial charge in [0.05, 0.1) is 12.7 Å². The van der Waals surface area contributed by atoms with Crippen molar-refractivity contribution in [2.75, 3.05) is 6.61 Å². The Balaban J connectivity index is 3.28. The van der Waals surface area contributed by atoms with Crippen molar-refractivity contribution in [3.8, 4) is 0 Å². The molecule has 0 aliphatic heterocycles. The number of hydrogen-bond donors (Lipinski definition) is 1. The van der Waals surface area contributed by atoms with Gasteiger partial charge >= 0.3 is 0 Å². The maximum atomic E-state index is 5.33. The molecule has 0 amide bonds. The predicted octanol–water partition coefficient (Wildman–Crippen LogP) is 2.12. The summed E-state index contributed by atoms with van der Waals surface area (Å²) >= 11 is 4.30. The number of thiol groups is 1. The molecule has 1 nitrogen and oxygen atoms in total. The van der Waals surface area contributed by atoms with E-state index in [4.69, 9.17) is 4.74 Å². The summed E-state index contributed by atoms with van der Waals surface area (Å²) in [5.41, 5.74) is 0. The van der Waals surface area contributed by atoms with Gasteiger partial charge in [-0.1, -0.05) is 0 Å². The Bertz CT molecular complexity index is 73.5. The molecule has 0 saturated carbocycles. The normalized spacial score (nSPS) is 12.7. The SMILES string of the molecule is CC(C)OCC(C)(C)S. The molecule has 0 aliphatic rings. The van der Waals surface area contributed by atoms with Gasteiger partial charge in [0, 0.05) is 4.75 Å². The standard InChI is InChI=1S/C7H16OS/c1-6(2)8-5-7(3,4)9/h6,9H,5H2,1-4H3. The van der Waals surface area contributed by atoms with Gasteiger partial charge in [-0.25, -0.2) is 0 Å². The summed E-state index contributed by atoms with van der Waals surface area (Å²) in [5, 5.41) is 0. The van der Waals surface area contributed by atoms with Crippen molar-refractivity contribution >= 4 is 12.6 Å². The average Bonchev–Trinajstić information content (AvgIpc) is 1.59. The molecule has 2 heteroatoms. The Labute approximate surface area is 63.2 Å². The fourth-order valence-electron chi connectivity index (χ4n) is 0.371. The summed E-state index contributed by atoms with van der Waals surface area (Å²) in [6, 6.07) is 0. The van der Waals surface area contributed by atoms with E-state index >= 15 is 0 Å². The van der Waals surface area contributed by atoms with Gasteiger partial charge < -0.3 is 4.74 Å². The first-order valence-corrected chi connectivity index (χ1v) is 3.70. The Morgan fingerprint density at radius 2 is 1.89 bits per heavy atom. The summed E-state index contributed by atoms with van der Waals surface area (Å²) in [5.74, 6) is 0. The number of rotatable bonds is 3. The van der Waals surface area contributed by atoms with Gasteiger partial charge in [0.2, 0.25) is 0 Å². The highest BCUT2D eigenvalue weighted by atomic mass is 32.1. The van der Waals surface area contributed by atoms with Crippen LogP contribution in [0.2, 0.25) is 0 Å². The Morgan fingerprint density at radius 1 is 1.44 bits per heavy atom. The lowest BCUT2D eigenvalue weighted by Crippen LogP contribution is -2.21. The number of hydrogen-bond acceptors (Lipinski definition) is 2. The Morgan fingerprint density at radius 3 is 2.00 bits per heavy atom. The zero-order chi connectivity index (χ0) is 7.49. The van der Waals surface area contributed by atoms with E-state index in [0.717, 1.165) is 0 Å². The lowest BCUT2D eigenvalue weighted by molar-refractivity contribution is 0.0675. The summed E-state index contributed by atoms with van der Waals surface area (Å²) in [7, 11) is 0. The maximum Gasteiger partial charge on any atom is 0.0608 e. The van der Waals surface area contributed by atoms with Crippen LogP contribution in [0.3, 0.4) is 0 Å². The van der Waals surface area contributed by atoms with Crippen molar-refractivity contribution in [3.63, 3.8) is 0 Å². The molecule has 0 rings (SSSR count). The Hall–Kier alpha value is 0.310. The van der Waals surface area contributed by atoms with Gasteiger partial charge in [-0.05, 0) is 27.7 Å². The second-order valence-electron chi connectivity index (χ2n) is 3.17. The van der Waals surface area contributed by atoms with E-state index in [-0.39, 0.29) is 4.75 Å². The Kier molecular flexibility index (Phi) is 3.59. The van der Waals surface area contributed by atoms with Crippen LogP contribution in [0.4, 0.5) is 0 Å². The van der Waals surface area contributed by atoms with Crippen LogP contribution in [-0.2, 0) is 4.74 Å². The van der Waals surface area contributed by atoms with Gasteiger partial charge in [-0.15, -0.1) is 0 Å². The second kappa shape index (κ2) is 3.47. The molecule has 0 atom stereocenters. The van der Waals surface area contributed by atoms with Crippen LogP contribution >= 0.6 is 12.6 Å². The van der Waals surface area contributed by atoms with E-state index in [2.05, 4.69) is 12.6 Å². The molecular weight excluding hydrogens is 132 g/mol. The van der Waals surface area contributed by atoms with Crippen LogP contribution in [0.1, 0.15) is 27.7 Å². The van der Waals surface area contributed by atoms with Gasteiger partial charge in [0.1, 0.15) is 0 Å².